The average Bonchev–Trinajstić information content (AvgIpc) is 2.75. The lowest BCUT2D eigenvalue weighted by molar-refractivity contribution is -0.0503. The number of nitrogens with zero attached hydrogens (tertiary/aromatic N) is 2. The van der Waals surface area contributed by atoms with Gasteiger partial charge < -0.3 is 15.2 Å². The minimum atomic E-state index is -2.88. The molecule has 0 amide bonds. The number of aromatic nitrogens is 1. The third kappa shape index (κ3) is 4.27. The fourth-order valence-corrected chi connectivity index (χ4v) is 3.80. The third-order valence-corrected chi connectivity index (χ3v) is 5.35. The van der Waals surface area contributed by atoms with E-state index in [4.69, 9.17) is 15.5 Å². The van der Waals surface area contributed by atoms with Crippen LogP contribution in [0.3, 0.4) is 0 Å². The van der Waals surface area contributed by atoms with Crippen LogP contribution in [0.1, 0.15) is 22.4 Å². The van der Waals surface area contributed by atoms with Crippen molar-refractivity contribution < 1.29 is 18.3 Å². The Balaban J connectivity index is 1.83. The van der Waals surface area contributed by atoms with Gasteiger partial charge in [0.25, 0.3) is 0 Å². The second-order valence-electron chi connectivity index (χ2n) is 7.58. The lowest BCUT2D eigenvalue weighted by atomic mass is 9.81. The van der Waals surface area contributed by atoms with Crippen molar-refractivity contribution in [3.8, 4) is 16.9 Å². The molecule has 0 saturated heterocycles. The smallest absolute Gasteiger partial charge is 0.387 e. The molecule has 1 unspecified atom stereocenters. The maximum Gasteiger partial charge on any atom is 0.387 e. The van der Waals surface area contributed by atoms with Crippen molar-refractivity contribution in [3.63, 3.8) is 0 Å². The molecular formula is C24H23F2N3O2. The number of halogens is 2. The third-order valence-electron chi connectivity index (χ3n) is 5.35. The first-order chi connectivity index (χ1) is 14.9. The summed E-state index contributed by atoms with van der Waals surface area (Å²) in [6.45, 7) is 1.30. The van der Waals surface area contributed by atoms with E-state index in [0.29, 0.717) is 11.4 Å². The van der Waals surface area contributed by atoms with Gasteiger partial charge in [0.05, 0.1) is 6.61 Å². The molecule has 3 aromatic rings. The number of amidine groups is 1. The Morgan fingerprint density at radius 2 is 1.84 bits per heavy atom. The fraction of sp³-hybridized carbons (Fsp3) is 0.250. The number of aryl methyl sites for hydroxylation is 2. The zero-order chi connectivity index (χ0) is 22.0. The summed E-state index contributed by atoms with van der Waals surface area (Å²) in [6, 6.07) is 17.0. The number of aliphatic imine (C=N–C) groups is 1. The van der Waals surface area contributed by atoms with E-state index < -0.39 is 12.2 Å². The van der Waals surface area contributed by atoms with Crippen LogP contribution in [-0.4, -0.2) is 30.6 Å². The highest BCUT2D eigenvalue weighted by Gasteiger charge is 2.38. The van der Waals surface area contributed by atoms with Gasteiger partial charge in [-0.05, 0) is 60.4 Å². The van der Waals surface area contributed by atoms with E-state index in [1.165, 1.54) is 6.07 Å². The number of alkyl halides is 2. The molecular weight excluding hydrogens is 400 g/mol. The Labute approximate surface area is 179 Å². The molecule has 1 atom stereocenters. The lowest BCUT2D eigenvalue weighted by Crippen LogP contribution is -2.40. The molecule has 0 radical (unpaired) electrons. The zero-order valence-electron chi connectivity index (χ0n) is 17.3. The molecule has 0 bridgehead atoms. The highest BCUT2D eigenvalue weighted by atomic mass is 19.3. The second-order valence-corrected chi connectivity index (χ2v) is 7.58. The predicted molar refractivity (Wildman–Crippen MR) is 115 cm³/mol. The summed E-state index contributed by atoms with van der Waals surface area (Å²) in [4.78, 5) is 9.18. The summed E-state index contributed by atoms with van der Waals surface area (Å²) in [5.41, 5.74) is 10.3. The minimum Gasteiger partial charge on any atom is -0.435 e. The van der Waals surface area contributed by atoms with Crippen LogP contribution in [0.5, 0.6) is 5.75 Å². The summed E-state index contributed by atoms with van der Waals surface area (Å²) >= 11 is 0. The van der Waals surface area contributed by atoms with Crippen molar-refractivity contribution in [2.24, 2.45) is 10.7 Å². The maximum absolute atomic E-state index is 12.7. The molecule has 31 heavy (non-hydrogen) atoms. The van der Waals surface area contributed by atoms with Gasteiger partial charge in [0.15, 0.2) is 0 Å². The van der Waals surface area contributed by atoms with E-state index in [9.17, 15) is 8.78 Å². The first-order valence-electron chi connectivity index (χ1n) is 9.89. The van der Waals surface area contributed by atoms with Crippen molar-refractivity contribution in [1.82, 2.24) is 4.98 Å². The SMILES string of the molecule is Cc1ccc(-c2cccc(C3(c4ccc(OC(F)F)c(C)c4)COCC(N)=N3)c2)cn1. The van der Waals surface area contributed by atoms with Gasteiger partial charge in [-0.2, -0.15) is 8.78 Å². The molecule has 4 rings (SSSR count). The Morgan fingerprint density at radius 1 is 1.03 bits per heavy atom. The molecule has 1 aliphatic heterocycles. The molecule has 0 fully saturated rings. The van der Waals surface area contributed by atoms with Gasteiger partial charge >= 0.3 is 6.61 Å². The van der Waals surface area contributed by atoms with Gasteiger partial charge in [0.1, 0.15) is 23.7 Å². The summed E-state index contributed by atoms with van der Waals surface area (Å²) in [7, 11) is 0. The largest absolute Gasteiger partial charge is 0.435 e. The molecule has 1 aliphatic rings. The normalized spacial score (nSPS) is 18.7. The van der Waals surface area contributed by atoms with Crippen LogP contribution in [0.15, 0.2) is 65.8 Å². The second kappa shape index (κ2) is 8.43. The van der Waals surface area contributed by atoms with Crippen molar-refractivity contribution in [2.45, 2.75) is 26.0 Å². The van der Waals surface area contributed by atoms with E-state index in [-0.39, 0.29) is 19.0 Å². The van der Waals surface area contributed by atoms with Gasteiger partial charge in [-0.1, -0.05) is 30.3 Å². The van der Waals surface area contributed by atoms with Gasteiger partial charge in [0.2, 0.25) is 0 Å². The molecule has 2 N–H and O–H groups in total. The monoisotopic (exact) mass is 423 g/mol. The molecule has 7 heteroatoms. The fourth-order valence-electron chi connectivity index (χ4n) is 3.80. The highest BCUT2D eigenvalue weighted by Crippen LogP contribution is 2.39. The van der Waals surface area contributed by atoms with Crippen molar-refractivity contribution in [3.05, 3.63) is 83.2 Å². The number of rotatable bonds is 5. The standard InChI is InChI=1S/C24H23F2N3O2/c1-15-10-20(8-9-21(15)31-23(25)26)24(14-30-13-22(27)29-24)19-5-3-4-17(11-19)18-7-6-16(2)28-12-18/h3-12,23H,13-14H2,1-2H3,(H2,27,29). The first kappa shape index (κ1) is 20.9. The quantitative estimate of drug-likeness (QED) is 0.651. The molecule has 0 aliphatic carbocycles. The molecule has 160 valence electrons. The van der Waals surface area contributed by atoms with E-state index >= 15 is 0 Å². The summed E-state index contributed by atoms with van der Waals surface area (Å²) in [6.07, 6.45) is 1.83. The van der Waals surface area contributed by atoms with Crippen molar-refractivity contribution in [1.29, 1.82) is 0 Å². The lowest BCUT2D eigenvalue weighted by Gasteiger charge is -2.35. The van der Waals surface area contributed by atoms with Crippen LogP contribution in [-0.2, 0) is 10.3 Å². The molecule has 0 spiro atoms. The number of benzene rings is 2. The molecule has 0 saturated carbocycles. The van der Waals surface area contributed by atoms with E-state index in [2.05, 4.69) is 9.72 Å². The van der Waals surface area contributed by atoms with E-state index in [1.807, 2.05) is 49.5 Å². The van der Waals surface area contributed by atoms with Crippen molar-refractivity contribution >= 4 is 5.84 Å². The number of nitrogens with two attached hydrogens (primary N) is 1. The van der Waals surface area contributed by atoms with Crippen LogP contribution >= 0.6 is 0 Å². The van der Waals surface area contributed by atoms with Gasteiger partial charge in [-0.25, -0.2) is 0 Å². The summed E-state index contributed by atoms with van der Waals surface area (Å²) in [5.74, 6) is 0.501. The number of ether oxygens (including phenoxy) is 2. The van der Waals surface area contributed by atoms with Gasteiger partial charge in [0, 0.05) is 17.5 Å². The van der Waals surface area contributed by atoms with Crippen LogP contribution < -0.4 is 10.5 Å². The summed E-state index contributed by atoms with van der Waals surface area (Å²) in [5, 5.41) is 0. The summed E-state index contributed by atoms with van der Waals surface area (Å²) < 4.78 is 35.8. The van der Waals surface area contributed by atoms with Crippen LogP contribution in [0.2, 0.25) is 0 Å². The Kier molecular flexibility index (Phi) is 5.69. The maximum atomic E-state index is 12.7. The van der Waals surface area contributed by atoms with Crippen LogP contribution in [0, 0.1) is 13.8 Å². The minimum absolute atomic E-state index is 0.127. The van der Waals surface area contributed by atoms with Gasteiger partial charge in [-0.3, -0.25) is 9.98 Å². The number of hydrogen-bond donors (Lipinski definition) is 1. The Morgan fingerprint density at radius 3 is 2.52 bits per heavy atom. The van der Waals surface area contributed by atoms with Gasteiger partial charge in [-0.15, -0.1) is 0 Å². The highest BCUT2D eigenvalue weighted by molar-refractivity contribution is 5.83. The predicted octanol–water partition coefficient (Wildman–Crippen LogP) is 4.60. The number of pyridine rings is 1. The topological polar surface area (TPSA) is 69.7 Å². The molecule has 1 aromatic heterocycles. The Hall–Kier alpha value is -3.32. The molecule has 2 heterocycles. The molecule has 5 nitrogen and oxygen atoms in total. The van der Waals surface area contributed by atoms with Crippen LogP contribution in [0.25, 0.3) is 11.1 Å². The van der Waals surface area contributed by atoms with Crippen LogP contribution in [0.4, 0.5) is 8.78 Å². The molecule has 2 aromatic carbocycles. The first-order valence-corrected chi connectivity index (χ1v) is 9.89. The zero-order valence-corrected chi connectivity index (χ0v) is 17.3. The Bertz CT molecular complexity index is 1120. The van der Waals surface area contributed by atoms with E-state index in [1.54, 1.807) is 19.1 Å². The van der Waals surface area contributed by atoms with E-state index in [0.717, 1.165) is 27.9 Å². The average molecular weight is 423 g/mol. The van der Waals surface area contributed by atoms with Crippen molar-refractivity contribution in [2.75, 3.05) is 13.2 Å². The number of hydrogen-bond acceptors (Lipinski definition) is 5.